The summed E-state index contributed by atoms with van der Waals surface area (Å²) in [4.78, 5) is 15.1. The second-order valence-electron chi connectivity index (χ2n) is 6.70. The molecule has 1 amide bonds. The third kappa shape index (κ3) is 3.46. The molecule has 3 heteroatoms. The number of carbonyl (C=O) groups excluding carboxylic acids is 1. The van der Waals surface area contributed by atoms with Gasteiger partial charge >= 0.3 is 0 Å². The minimum atomic E-state index is 0.247. The van der Waals surface area contributed by atoms with Crippen molar-refractivity contribution < 1.29 is 4.79 Å². The molecular weight excluding hydrogens is 260 g/mol. The number of rotatable bonds is 4. The molecule has 0 atom stereocenters. The SMILES string of the molecule is Cc1ccc(C)c(C(=O)N(CC2CCNCC2)C2CC2)c1. The van der Waals surface area contributed by atoms with Crippen molar-refractivity contribution >= 4 is 5.91 Å². The van der Waals surface area contributed by atoms with E-state index in [1.807, 2.05) is 6.92 Å². The highest BCUT2D eigenvalue weighted by molar-refractivity contribution is 5.96. The van der Waals surface area contributed by atoms with Gasteiger partial charge in [0.15, 0.2) is 0 Å². The number of carbonyl (C=O) groups is 1. The largest absolute Gasteiger partial charge is 0.335 e. The van der Waals surface area contributed by atoms with Gasteiger partial charge in [0.25, 0.3) is 5.91 Å². The van der Waals surface area contributed by atoms with Crippen LogP contribution in [0.1, 0.15) is 47.2 Å². The zero-order valence-corrected chi connectivity index (χ0v) is 13.2. The topological polar surface area (TPSA) is 32.3 Å². The van der Waals surface area contributed by atoms with Crippen molar-refractivity contribution in [2.45, 2.75) is 45.6 Å². The molecule has 3 rings (SSSR count). The fourth-order valence-electron chi connectivity index (χ4n) is 3.25. The normalized spacial score (nSPS) is 19.5. The van der Waals surface area contributed by atoms with Crippen LogP contribution in [0.15, 0.2) is 18.2 Å². The molecule has 2 aliphatic rings. The number of nitrogens with one attached hydrogen (secondary N) is 1. The molecule has 1 heterocycles. The van der Waals surface area contributed by atoms with Crippen LogP contribution in [0.5, 0.6) is 0 Å². The molecule has 0 aromatic heterocycles. The highest BCUT2D eigenvalue weighted by Gasteiger charge is 2.35. The van der Waals surface area contributed by atoms with Crippen molar-refractivity contribution in [3.8, 4) is 0 Å². The molecule has 0 bridgehead atoms. The van der Waals surface area contributed by atoms with Gasteiger partial charge < -0.3 is 10.2 Å². The Morgan fingerprint density at radius 2 is 1.90 bits per heavy atom. The maximum atomic E-state index is 13.0. The molecule has 3 nitrogen and oxygen atoms in total. The van der Waals surface area contributed by atoms with Crippen LogP contribution in [0.4, 0.5) is 0 Å². The minimum Gasteiger partial charge on any atom is -0.335 e. The predicted octanol–water partition coefficient (Wildman–Crippen LogP) is 2.91. The first-order valence-corrected chi connectivity index (χ1v) is 8.24. The predicted molar refractivity (Wildman–Crippen MR) is 85.6 cm³/mol. The van der Waals surface area contributed by atoms with Crippen LogP contribution < -0.4 is 5.32 Å². The summed E-state index contributed by atoms with van der Waals surface area (Å²) in [7, 11) is 0. The first-order valence-electron chi connectivity index (χ1n) is 8.24. The Kier molecular flexibility index (Phi) is 4.29. The van der Waals surface area contributed by atoms with Crippen molar-refractivity contribution in [1.82, 2.24) is 10.2 Å². The second kappa shape index (κ2) is 6.18. The summed E-state index contributed by atoms with van der Waals surface area (Å²) in [5.74, 6) is 0.915. The van der Waals surface area contributed by atoms with Gasteiger partial charge in [-0.25, -0.2) is 0 Å². The van der Waals surface area contributed by atoms with Gasteiger partial charge in [-0.05, 0) is 70.2 Å². The molecule has 1 aliphatic heterocycles. The quantitative estimate of drug-likeness (QED) is 0.923. The lowest BCUT2D eigenvalue weighted by Crippen LogP contribution is -2.40. The average Bonchev–Trinajstić information content (AvgIpc) is 3.32. The number of hydrogen-bond acceptors (Lipinski definition) is 2. The van der Waals surface area contributed by atoms with E-state index in [0.717, 1.165) is 30.8 Å². The van der Waals surface area contributed by atoms with Crippen LogP contribution in [0.25, 0.3) is 0 Å². The molecule has 1 saturated carbocycles. The molecule has 0 spiro atoms. The molecule has 1 aliphatic carbocycles. The molecular formula is C18H26N2O. The van der Waals surface area contributed by atoms with Crippen LogP contribution in [0.2, 0.25) is 0 Å². The standard InChI is InChI=1S/C18H26N2O/c1-13-3-4-14(2)17(11-13)18(21)20(16-5-6-16)12-15-7-9-19-10-8-15/h3-4,11,15-16,19H,5-10,12H2,1-2H3. The van der Waals surface area contributed by atoms with Crippen molar-refractivity contribution in [2.75, 3.05) is 19.6 Å². The lowest BCUT2D eigenvalue weighted by Gasteiger charge is -2.30. The van der Waals surface area contributed by atoms with Gasteiger partial charge in [-0.15, -0.1) is 0 Å². The Morgan fingerprint density at radius 3 is 2.57 bits per heavy atom. The number of aryl methyl sites for hydroxylation is 2. The van der Waals surface area contributed by atoms with E-state index in [0.29, 0.717) is 12.0 Å². The van der Waals surface area contributed by atoms with Gasteiger partial charge in [0.2, 0.25) is 0 Å². The van der Waals surface area contributed by atoms with Crippen molar-refractivity contribution in [3.63, 3.8) is 0 Å². The van der Waals surface area contributed by atoms with Crippen LogP contribution in [0, 0.1) is 19.8 Å². The van der Waals surface area contributed by atoms with Crippen LogP contribution in [-0.2, 0) is 0 Å². The van der Waals surface area contributed by atoms with E-state index in [1.54, 1.807) is 0 Å². The first kappa shape index (κ1) is 14.6. The van der Waals surface area contributed by atoms with E-state index in [-0.39, 0.29) is 5.91 Å². The summed E-state index contributed by atoms with van der Waals surface area (Å²) in [5.41, 5.74) is 3.17. The molecule has 21 heavy (non-hydrogen) atoms. The van der Waals surface area contributed by atoms with Gasteiger partial charge in [0, 0.05) is 18.2 Å². The molecule has 0 unspecified atom stereocenters. The van der Waals surface area contributed by atoms with Crippen molar-refractivity contribution in [3.05, 3.63) is 34.9 Å². The number of amides is 1. The molecule has 1 saturated heterocycles. The summed E-state index contributed by atoms with van der Waals surface area (Å²) in [6, 6.07) is 6.70. The van der Waals surface area contributed by atoms with Crippen LogP contribution in [-0.4, -0.2) is 36.5 Å². The van der Waals surface area contributed by atoms with Gasteiger partial charge in [-0.3, -0.25) is 4.79 Å². The summed E-state index contributed by atoms with van der Waals surface area (Å²) in [5, 5.41) is 3.41. The Bertz CT molecular complexity index is 516. The minimum absolute atomic E-state index is 0.247. The van der Waals surface area contributed by atoms with Gasteiger partial charge in [0.05, 0.1) is 0 Å². The third-order valence-corrected chi connectivity index (χ3v) is 4.79. The Labute approximate surface area is 127 Å². The summed E-state index contributed by atoms with van der Waals surface area (Å²) < 4.78 is 0. The summed E-state index contributed by atoms with van der Waals surface area (Å²) in [6.45, 7) is 7.24. The van der Waals surface area contributed by atoms with E-state index in [4.69, 9.17) is 0 Å². The molecule has 2 fully saturated rings. The monoisotopic (exact) mass is 286 g/mol. The fourth-order valence-corrected chi connectivity index (χ4v) is 3.25. The molecule has 1 N–H and O–H groups in total. The summed E-state index contributed by atoms with van der Waals surface area (Å²) in [6.07, 6.45) is 4.76. The van der Waals surface area contributed by atoms with Crippen molar-refractivity contribution in [1.29, 1.82) is 0 Å². The zero-order chi connectivity index (χ0) is 14.8. The van der Waals surface area contributed by atoms with Crippen LogP contribution in [0.3, 0.4) is 0 Å². The molecule has 0 radical (unpaired) electrons. The van der Waals surface area contributed by atoms with E-state index in [2.05, 4.69) is 35.3 Å². The highest BCUT2D eigenvalue weighted by atomic mass is 16.2. The first-order chi connectivity index (χ1) is 10.1. The maximum Gasteiger partial charge on any atom is 0.254 e. The van der Waals surface area contributed by atoms with Crippen LogP contribution >= 0.6 is 0 Å². The Balaban J connectivity index is 1.76. The van der Waals surface area contributed by atoms with Gasteiger partial charge in [0.1, 0.15) is 0 Å². The second-order valence-corrected chi connectivity index (χ2v) is 6.70. The van der Waals surface area contributed by atoms with Gasteiger partial charge in [-0.2, -0.15) is 0 Å². The molecule has 114 valence electrons. The molecule has 1 aromatic rings. The number of piperidine rings is 1. The lowest BCUT2D eigenvalue weighted by molar-refractivity contribution is 0.0701. The number of benzene rings is 1. The number of nitrogens with zero attached hydrogens (tertiary/aromatic N) is 1. The average molecular weight is 286 g/mol. The Morgan fingerprint density at radius 1 is 1.19 bits per heavy atom. The Hall–Kier alpha value is -1.35. The van der Waals surface area contributed by atoms with Crippen molar-refractivity contribution in [2.24, 2.45) is 5.92 Å². The lowest BCUT2D eigenvalue weighted by atomic mass is 9.96. The number of hydrogen-bond donors (Lipinski definition) is 1. The third-order valence-electron chi connectivity index (χ3n) is 4.79. The summed E-state index contributed by atoms with van der Waals surface area (Å²) >= 11 is 0. The smallest absolute Gasteiger partial charge is 0.254 e. The van der Waals surface area contributed by atoms with Gasteiger partial charge in [-0.1, -0.05) is 17.7 Å². The van der Waals surface area contributed by atoms with E-state index < -0.39 is 0 Å². The van der Waals surface area contributed by atoms with E-state index in [9.17, 15) is 4.79 Å². The maximum absolute atomic E-state index is 13.0. The molecule has 1 aromatic carbocycles. The van der Waals surface area contributed by atoms with E-state index in [1.165, 1.54) is 31.2 Å². The highest BCUT2D eigenvalue weighted by Crippen LogP contribution is 2.31. The fraction of sp³-hybridized carbons (Fsp3) is 0.611. The van der Waals surface area contributed by atoms with E-state index >= 15 is 0 Å². The zero-order valence-electron chi connectivity index (χ0n) is 13.2.